The molecule has 0 amide bonds. The van der Waals surface area contributed by atoms with E-state index in [1.807, 2.05) is 12.4 Å². The van der Waals surface area contributed by atoms with Crippen molar-refractivity contribution in [1.29, 1.82) is 0 Å². The van der Waals surface area contributed by atoms with Crippen molar-refractivity contribution in [3.63, 3.8) is 0 Å². The largest absolute Gasteiger partial charge is 0.368 e. The maximum absolute atomic E-state index is 2.99. The molecule has 8 heavy (non-hydrogen) atoms. The standard InChI is InChI=1S/C7H11N/c1-2-7-3-5-8-6-4-7/h3-8H,2H2,1H3. The molecular formula is C7H11N. The van der Waals surface area contributed by atoms with Crippen LogP contribution in [-0.4, -0.2) is 0 Å². The van der Waals surface area contributed by atoms with Crippen molar-refractivity contribution in [2.75, 3.05) is 0 Å². The molecule has 1 rings (SSSR count). The number of allylic oxidation sites excluding steroid dienone is 2. The Labute approximate surface area is 50.1 Å². The molecule has 1 aliphatic rings. The van der Waals surface area contributed by atoms with Gasteiger partial charge in [-0.05, 0) is 24.7 Å². The predicted octanol–water partition coefficient (Wildman–Crippen LogP) is 1.64. The van der Waals surface area contributed by atoms with E-state index in [9.17, 15) is 0 Å². The third-order valence-electron chi connectivity index (χ3n) is 1.35. The Morgan fingerprint density at radius 2 is 2.00 bits per heavy atom. The van der Waals surface area contributed by atoms with Gasteiger partial charge >= 0.3 is 0 Å². The molecule has 0 aromatic rings. The van der Waals surface area contributed by atoms with Crippen molar-refractivity contribution in [3.8, 4) is 0 Å². The second kappa shape index (κ2) is 2.55. The van der Waals surface area contributed by atoms with Crippen molar-refractivity contribution in [1.82, 2.24) is 5.32 Å². The van der Waals surface area contributed by atoms with Crippen LogP contribution in [0.25, 0.3) is 0 Å². The highest BCUT2D eigenvalue weighted by Gasteiger charge is 1.95. The Balaban J connectivity index is 2.42. The number of hydrogen-bond acceptors (Lipinski definition) is 1. The van der Waals surface area contributed by atoms with Crippen LogP contribution in [0.4, 0.5) is 0 Å². The molecule has 0 radical (unpaired) electrons. The maximum atomic E-state index is 2.99. The monoisotopic (exact) mass is 109 g/mol. The minimum absolute atomic E-state index is 0.663. The molecule has 0 aliphatic carbocycles. The summed E-state index contributed by atoms with van der Waals surface area (Å²) in [4.78, 5) is 0. The van der Waals surface area contributed by atoms with Crippen LogP contribution in [0.5, 0.6) is 0 Å². The second-order valence-electron chi connectivity index (χ2n) is 1.96. The molecule has 1 heteroatoms. The Kier molecular flexibility index (Phi) is 1.73. The maximum Gasteiger partial charge on any atom is -0.00214 e. The van der Waals surface area contributed by atoms with Gasteiger partial charge in [-0.1, -0.05) is 19.1 Å². The van der Waals surface area contributed by atoms with Gasteiger partial charge in [0.1, 0.15) is 0 Å². The van der Waals surface area contributed by atoms with E-state index < -0.39 is 0 Å². The number of dihydropyridines is 1. The molecule has 0 aromatic carbocycles. The van der Waals surface area contributed by atoms with Crippen molar-refractivity contribution in [2.45, 2.75) is 13.3 Å². The first kappa shape index (κ1) is 5.42. The first-order chi connectivity index (χ1) is 3.93. The summed E-state index contributed by atoms with van der Waals surface area (Å²) in [6.07, 6.45) is 9.50. The summed E-state index contributed by atoms with van der Waals surface area (Å²) in [5, 5.41) is 2.99. The lowest BCUT2D eigenvalue weighted by Gasteiger charge is -2.06. The van der Waals surface area contributed by atoms with E-state index in [4.69, 9.17) is 0 Å². The summed E-state index contributed by atoms with van der Waals surface area (Å²) in [6, 6.07) is 0. The van der Waals surface area contributed by atoms with Crippen molar-refractivity contribution < 1.29 is 0 Å². The molecule has 44 valence electrons. The highest BCUT2D eigenvalue weighted by atomic mass is 14.8. The predicted molar refractivity (Wildman–Crippen MR) is 35.2 cm³/mol. The van der Waals surface area contributed by atoms with Crippen molar-refractivity contribution >= 4 is 0 Å². The Morgan fingerprint density at radius 3 is 2.38 bits per heavy atom. The molecule has 1 aliphatic heterocycles. The van der Waals surface area contributed by atoms with Gasteiger partial charge in [0.05, 0.1) is 0 Å². The van der Waals surface area contributed by atoms with Crippen LogP contribution >= 0.6 is 0 Å². The normalized spacial score (nSPS) is 18.6. The zero-order valence-electron chi connectivity index (χ0n) is 5.09. The highest BCUT2D eigenvalue weighted by molar-refractivity contribution is 5.05. The van der Waals surface area contributed by atoms with E-state index in [2.05, 4.69) is 24.4 Å². The fourth-order valence-corrected chi connectivity index (χ4v) is 0.750. The van der Waals surface area contributed by atoms with Crippen LogP contribution in [0.3, 0.4) is 0 Å². The lowest BCUT2D eigenvalue weighted by Crippen LogP contribution is -2.02. The first-order valence-electron chi connectivity index (χ1n) is 3.03. The van der Waals surface area contributed by atoms with Crippen molar-refractivity contribution in [2.24, 2.45) is 5.92 Å². The van der Waals surface area contributed by atoms with Gasteiger partial charge in [0.25, 0.3) is 0 Å². The highest BCUT2D eigenvalue weighted by Crippen LogP contribution is 2.07. The van der Waals surface area contributed by atoms with Crippen LogP contribution in [0.2, 0.25) is 0 Å². The second-order valence-corrected chi connectivity index (χ2v) is 1.96. The van der Waals surface area contributed by atoms with Gasteiger partial charge in [-0.25, -0.2) is 0 Å². The minimum atomic E-state index is 0.663. The smallest absolute Gasteiger partial charge is 0.00214 e. The minimum Gasteiger partial charge on any atom is -0.368 e. The lowest BCUT2D eigenvalue weighted by molar-refractivity contribution is 0.752. The fraction of sp³-hybridized carbons (Fsp3) is 0.429. The molecule has 1 nitrogen and oxygen atoms in total. The van der Waals surface area contributed by atoms with E-state index in [1.165, 1.54) is 6.42 Å². The summed E-state index contributed by atoms with van der Waals surface area (Å²) < 4.78 is 0. The van der Waals surface area contributed by atoms with Gasteiger partial charge < -0.3 is 5.32 Å². The van der Waals surface area contributed by atoms with Crippen LogP contribution in [-0.2, 0) is 0 Å². The molecule has 0 bridgehead atoms. The molecule has 0 spiro atoms. The average molecular weight is 109 g/mol. The van der Waals surface area contributed by atoms with Gasteiger partial charge in [0, 0.05) is 0 Å². The zero-order chi connectivity index (χ0) is 5.82. The number of hydrogen-bond donors (Lipinski definition) is 1. The third kappa shape index (κ3) is 1.12. The molecule has 0 unspecified atom stereocenters. The van der Waals surface area contributed by atoms with Crippen molar-refractivity contribution in [3.05, 3.63) is 24.6 Å². The average Bonchev–Trinajstić information content (AvgIpc) is 1.90. The fourth-order valence-electron chi connectivity index (χ4n) is 0.750. The SMILES string of the molecule is CCC1C=CNC=C1. The van der Waals surface area contributed by atoms with Crippen LogP contribution < -0.4 is 5.32 Å². The van der Waals surface area contributed by atoms with Gasteiger partial charge in [0.2, 0.25) is 0 Å². The molecule has 0 fully saturated rings. The number of rotatable bonds is 1. The van der Waals surface area contributed by atoms with E-state index >= 15 is 0 Å². The molecule has 0 saturated carbocycles. The Hall–Kier alpha value is -0.720. The van der Waals surface area contributed by atoms with Gasteiger partial charge in [-0.2, -0.15) is 0 Å². The first-order valence-corrected chi connectivity index (χ1v) is 3.03. The summed E-state index contributed by atoms with van der Waals surface area (Å²) in [7, 11) is 0. The lowest BCUT2D eigenvalue weighted by atomic mass is 10.1. The molecule has 1 N–H and O–H groups in total. The molecule has 0 aromatic heterocycles. The van der Waals surface area contributed by atoms with Gasteiger partial charge in [-0.3, -0.25) is 0 Å². The third-order valence-corrected chi connectivity index (χ3v) is 1.35. The summed E-state index contributed by atoms with van der Waals surface area (Å²) in [5.74, 6) is 0.663. The molecule has 0 atom stereocenters. The summed E-state index contributed by atoms with van der Waals surface area (Å²) in [6.45, 7) is 2.19. The van der Waals surface area contributed by atoms with E-state index in [0.717, 1.165) is 0 Å². The van der Waals surface area contributed by atoms with E-state index in [-0.39, 0.29) is 0 Å². The summed E-state index contributed by atoms with van der Waals surface area (Å²) >= 11 is 0. The molecule has 1 heterocycles. The summed E-state index contributed by atoms with van der Waals surface area (Å²) in [5.41, 5.74) is 0. The Morgan fingerprint density at radius 1 is 1.38 bits per heavy atom. The van der Waals surface area contributed by atoms with Crippen LogP contribution in [0, 0.1) is 5.92 Å². The van der Waals surface area contributed by atoms with Crippen LogP contribution in [0.15, 0.2) is 24.6 Å². The number of nitrogens with one attached hydrogen (secondary N) is 1. The van der Waals surface area contributed by atoms with Crippen LogP contribution in [0.1, 0.15) is 13.3 Å². The van der Waals surface area contributed by atoms with E-state index in [0.29, 0.717) is 5.92 Å². The topological polar surface area (TPSA) is 12.0 Å². The zero-order valence-corrected chi connectivity index (χ0v) is 5.09. The van der Waals surface area contributed by atoms with Gasteiger partial charge in [-0.15, -0.1) is 0 Å². The molecule has 0 saturated heterocycles. The quantitative estimate of drug-likeness (QED) is 0.539. The van der Waals surface area contributed by atoms with Gasteiger partial charge in [0.15, 0.2) is 0 Å². The van der Waals surface area contributed by atoms with E-state index in [1.54, 1.807) is 0 Å². The Bertz CT molecular complexity index is 102. The molecular weight excluding hydrogens is 98.1 g/mol.